The first-order valence-corrected chi connectivity index (χ1v) is 6.89. The third kappa shape index (κ3) is 5.73. The maximum absolute atomic E-state index is 12.8. The fourth-order valence-electron chi connectivity index (χ4n) is 1.83. The van der Waals surface area contributed by atoms with Crippen LogP contribution >= 0.6 is 0 Å². The molecule has 3 N–H and O–H groups in total. The van der Waals surface area contributed by atoms with E-state index in [0.29, 0.717) is 6.07 Å². The Labute approximate surface area is 136 Å². The smallest absolute Gasteiger partial charge is 0.416 e. The van der Waals surface area contributed by atoms with E-state index in [1.165, 1.54) is 6.07 Å². The zero-order valence-corrected chi connectivity index (χ0v) is 13.2. The van der Waals surface area contributed by atoms with E-state index in [1.807, 2.05) is 0 Å². The van der Waals surface area contributed by atoms with Crippen molar-refractivity contribution in [2.45, 2.75) is 44.7 Å². The fourth-order valence-corrected chi connectivity index (χ4v) is 1.83. The number of carboxylic acids is 1. The zero-order valence-electron chi connectivity index (χ0n) is 13.2. The normalized spacial score (nSPS) is 14.6. The molecule has 1 aromatic rings. The summed E-state index contributed by atoms with van der Waals surface area (Å²) in [6.07, 6.45) is -7.87. The van der Waals surface area contributed by atoms with Crippen molar-refractivity contribution in [2.75, 3.05) is 0 Å². The van der Waals surface area contributed by atoms with Crippen molar-refractivity contribution in [2.24, 2.45) is 0 Å². The molecule has 2 atom stereocenters. The summed E-state index contributed by atoms with van der Waals surface area (Å²) in [5.41, 5.74) is -2.16. The molecule has 0 saturated heterocycles. The number of aliphatic hydroxyl groups excluding tert-OH is 1. The number of rotatable bonds is 4. The third-order valence-electron chi connectivity index (χ3n) is 2.81. The Hall–Kier alpha value is -2.29. The first-order valence-electron chi connectivity index (χ1n) is 6.89. The Morgan fingerprint density at radius 1 is 1.21 bits per heavy atom. The second-order valence-corrected chi connectivity index (χ2v) is 6.03. The fraction of sp³-hybridized carbons (Fsp3) is 0.467. The van der Waals surface area contributed by atoms with Crippen molar-refractivity contribution in [3.8, 4) is 0 Å². The van der Waals surface area contributed by atoms with Gasteiger partial charge in [-0.15, -0.1) is 0 Å². The summed E-state index contributed by atoms with van der Waals surface area (Å²) in [6, 6.07) is 2.06. The number of carbonyl (C=O) groups is 2. The number of ether oxygens (including phenoxy) is 1. The number of benzene rings is 1. The van der Waals surface area contributed by atoms with Gasteiger partial charge >= 0.3 is 18.2 Å². The number of hydrogen-bond donors (Lipinski definition) is 3. The summed E-state index contributed by atoms with van der Waals surface area (Å²) in [4.78, 5) is 22.8. The van der Waals surface area contributed by atoms with Crippen LogP contribution in [0.3, 0.4) is 0 Å². The van der Waals surface area contributed by atoms with Gasteiger partial charge in [0.05, 0.1) is 11.6 Å². The highest BCUT2D eigenvalue weighted by Crippen LogP contribution is 2.31. The Morgan fingerprint density at radius 2 is 1.79 bits per heavy atom. The maximum atomic E-state index is 12.8. The van der Waals surface area contributed by atoms with Gasteiger partial charge in [-0.25, -0.2) is 9.59 Å². The SMILES string of the molecule is CC(C)(C)OC(=O)NC(c1cccc(C(F)(F)F)c1)C(O)C(=O)O. The molecule has 2 unspecified atom stereocenters. The Balaban J connectivity index is 3.16. The third-order valence-corrected chi connectivity index (χ3v) is 2.81. The summed E-state index contributed by atoms with van der Waals surface area (Å²) in [6.45, 7) is 4.67. The van der Waals surface area contributed by atoms with E-state index in [1.54, 1.807) is 20.8 Å². The molecule has 1 amide bonds. The first kappa shape index (κ1) is 19.8. The molecule has 1 rings (SSSR count). The number of amides is 1. The predicted octanol–water partition coefficient (Wildman–Crippen LogP) is 2.72. The minimum atomic E-state index is -4.65. The first-order chi connectivity index (χ1) is 10.8. The molecular weight excluding hydrogens is 331 g/mol. The minimum absolute atomic E-state index is 0.217. The van der Waals surface area contributed by atoms with E-state index in [-0.39, 0.29) is 5.56 Å². The van der Waals surface area contributed by atoms with Crippen LogP contribution in [0.5, 0.6) is 0 Å². The van der Waals surface area contributed by atoms with E-state index < -0.39 is 41.5 Å². The van der Waals surface area contributed by atoms with Crippen molar-refractivity contribution < 1.29 is 37.7 Å². The van der Waals surface area contributed by atoms with Crippen molar-refractivity contribution in [3.63, 3.8) is 0 Å². The van der Waals surface area contributed by atoms with Gasteiger partial charge in [0, 0.05) is 0 Å². The highest BCUT2D eigenvalue weighted by molar-refractivity contribution is 5.76. The van der Waals surface area contributed by atoms with Gasteiger partial charge < -0.3 is 20.3 Å². The molecular formula is C15H18F3NO5. The molecule has 0 heterocycles. The van der Waals surface area contributed by atoms with Crippen LogP contribution in [0, 0.1) is 0 Å². The van der Waals surface area contributed by atoms with Crippen LogP contribution < -0.4 is 5.32 Å². The van der Waals surface area contributed by atoms with Gasteiger partial charge in [0.2, 0.25) is 0 Å². The van der Waals surface area contributed by atoms with Gasteiger partial charge in [0.1, 0.15) is 5.60 Å². The standard InChI is InChI=1S/C15H18F3NO5/c1-14(2,3)24-13(23)19-10(11(20)12(21)22)8-5-4-6-9(7-8)15(16,17)18/h4-7,10-11,20H,1-3H3,(H,19,23)(H,21,22). The van der Waals surface area contributed by atoms with Crippen LogP contribution in [0.15, 0.2) is 24.3 Å². The number of halogens is 3. The number of hydrogen-bond acceptors (Lipinski definition) is 4. The van der Waals surface area contributed by atoms with E-state index in [0.717, 1.165) is 12.1 Å². The van der Waals surface area contributed by atoms with E-state index >= 15 is 0 Å². The number of aliphatic carboxylic acids is 1. The largest absolute Gasteiger partial charge is 0.479 e. The average molecular weight is 349 g/mol. The number of carbonyl (C=O) groups excluding carboxylic acids is 1. The second-order valence-electron chi connectivity index (χ2n) is 6.03. The summed E-state index contributed by atoms with van der Waals surface area (Å²) in [5, 5.41) is 20.7. The molecule has 0 bridgehead atoms. The van der Waals surface area contributed by atoms with Gasteiger partial charge in [-0.2, -0.15) is 13.2 Å². The number of aliphatic hydroxyl groups is 1. The Bertz CT molecular complexity index is 610. The summed E-state index contributed by atoms with van der Waals surface area (Å²) in [5.74, 6) is -1.70. The van der Waals surface area contributed by atoms with Crippen molar-refractivity contribution in [1.29, 1.82) is 0 Å². The number of carboxylic acid groups (broad SMARTS) is 1. The topological polar surface area (TPSA) is 95.9 Å². The predicted molar refractivity (Wildman–Crippen MR) is 77.2 cm³/mol. The van der Waals surface area contributed by atoms with Gasteiger partial charge in [0.15, 0.2) is 6.10 Å². The molecule has 0 aliphatic heterocycles. The van der Waals surface area contributed by atoms with Gasteiger partial charge in [-0.05, 0) is 38.5 Å². The van der Waals surface area contributed by atoms with E-state index in [9.17, 15) is 27.9 Å². The Kier molecular flexibility index (Phi) is 5.83. The molecule has 0 aromatic heterocycles. The van der Waals surface area contributed by atoms with Crippen LogP contribution in [0.25, 0.3) is 0 Å². The molecule has 0 saturated carbocycles. The van der Waals surface area contributed by atoms with Crippen LogP contribution in [-0.2, 0) is 15.7 Å². The highest BCUT2D eigenvalue weighted by atomic mass is 19.4. The molecule has 6 nitrogen and oxygen atoms in total. The van der Waals surface area contributed by atoms with Crippen LogP contribution in [-0.4, -0.2) is 34.0 Å². The average Bonchev–Trinajstić information content (AvgIpc) is 2.41. The maximum Gasteiger partial charge on any atom is 0.416 e. The van der Waals surface area contributed by atoms with Crippen molar-refractivity contribution in [1.82, 2.24) is 5.32 Å². The molecule has 0 radical (unpaired) electrons. The van der Waals surface area contributed by atoms with Crippen molar-refractivity contribution in [3.05, 3.63) is 35.4 Å². The van der Waals surface area contributed by atoms with Crippen LogP contribution in [0.4, 0.5) is 18.0 Å². The van der Waals surface area contributed by atoms with Crippen LogP contribution in [0.2, 0.25) is 0 Å². The molecule has 0 spiro atoms. The summed E-state index contributed by atoms with van der Waals surface area (Å²) in [7, 11) is 0. The van der Waals surface area contributed by atoms with Gasteiger partial charge in [-0.3, -0.25) is 0 Å². The zero-order chi connectivity index (χ0) is 18.7. The van der Waals surface area contributed by atoms with Gasteiger partial charge in [-0.1, -0.05) is 12.1 Å². The minimum Gasteiger partial charge on any atom is -0.479 e. The summed E-state index contributed by atoms with van der Waals surface area (Å²) < 4.78 is 43.3. The molecule has 9 heteroatoms. The molecule has 1 aromatic carbocycles. The van der Waals surface area contributed by atoms with E-state index in [2.05, 4.69) is 5.32 Å². The molecule has 0 aliphatic rings. The Morgan fingerprint density at radius 3 is 2.25 bits per heavy atom. The lowest BCUT2D eigenvalue weighted by Gasteiger charge is -2.25. The number of alkyl carbamates (subject to hydrolysis) is 1. The number of nitrogens with one attached hydrogen (secondary N) is 1. The van der Waals surface area contributed by atoms with Crippen LogP contribution in [0.1, 0.15) is 37.9 Å². The molecule has 0 aliphatic carbocycles. The lowest BCUT2D eigenvalue weighted by molar-refractivity contribution is -0.148. The highest BCUT2D eigenvalue weighted by Gasteiger charge is 2.34. The monoisotopic (exact) mass is 349 g/mol. The quantitative estimate of drug-likeness (QED) is 0.777. The summed E-state index contributed by atoms with van der Waals surface area (Å²) >= 11 is 0. The van der Waals surface area contributed by atoms with Gasteiger partial charge in [0.25, 0.3) is 0 Å². The molecule has 134 valence electrons. The van der Waals surface area contributed by atoms with Crippen molar-refractivity contribution >= 4 is 12.1 Å². The molecule has 24 heavy (non-hydrogen) atoms. The number of alkyl halides is 3. The van der Waals surface area contributed by atoms with E-state index in [4.69, 9.17) is 9.84 Å². The lowest BCUT2D eigenvalue weighted by atomic mass is 9.99. The lowest BCUT2D eigenvalue weighted by Crippen LogP contribution is -2.42. The second kappa shape index (κ2) is 7.08. The molecule has 0 fully saturated rings.